The minimum absolute atomic E-state index is 0.0260. The highest BCUT2D eigenvalue weighted by molar-refractivity contribution is 6.01. The molecule has 0 aliphatic carbocycles. The van der Waals surface area contributed by atoms with Crippen molar-refractivity contribution in [3.8, 4) is 0 Å². The van der Waals surface area contributed by atoms with E-state index in [1.807, 2.05) is 50.3 Å². The Labute approximate surface area is 96.9 Å². The fourth-order valence-electron chi connectivity index (χ4n) is 1.26. The van der Waals surface area contributed by atoms with E-state index in [9.17, 15) is 4.79 Å². The number of hydrogen-bond donors (Lipinski definition) is 0. The molecule has 0 saturated carbocycles. The molecule has 0 radical (unpaired) electrons. The molecule has 0 aromatic heterocycles. The molecule has 2 nitrogen and oxygen atoms in total. The number of amides is 1. The van der Waals surface area contributed by atoms with Gasteiger partial charge < -0.3 is 4.90 Å². The van der Waals surface area contributed by atoms with Crippen molar-refractivity contribution >= 4 is 11.6 Å². The fraction of sp³-hybridized carbons (Fsp3) is 0.214. The number of rotatable bonds is 3. The van der Waals surface area contributed by atoms with Gasteiger partial charge in [-0.15, -0.1) is 0 Å². The lowest BCUT2D eigenvalue weighted by molar-refractivity contribution is -0.113. The van der Waals surface area contributed by atoms with Gasteiger partial charge in [-0.3, -0.25) is 4.79 Å². The number of benzene rings is 1. The molecule has 0 heterocycles. The number of nitrogens with zero attached hydrogens (tertiary/aromatic N) is 1. The zero-order valence-corrected chi connectivity index (χ0v) is 9.97. The van der Waals surface area contributed by atoms with E-state index in [1.165, 1.54) is 5.56 Å². The molecule has 1 rings (SSSR count). The van der Waals surface area contributed by atoms with Gasteiger partial charge in [0.15, 0.2) is 0 Å². The van der Waals surface area contributed by atoms with Gasteiger partial charge in [-0.2, -0.15) is 0 Å². The maximum atomic E-state index is 11.7. The molecule has 0 fully saturated rings. The highest BCUT2D eigenvalue weighted by atomic mass is 16.2. The fourth-order valence-corrected chi connectivity index (χ4v) is 1.26. The van der Waals surface area contributed by atoms with Crippen molar-refractivity contribution in [2.75, 3.05) is 11.9 Å². The summed E-state index contributed by atoms with van der Waals surface area (Å²) >= 11 is 0. The monoisotopic (exact) mass is 215 g/mol. The van der Waals surface area contributed by atoms with E-state index >= 15 is 0 Å². The summed E-state index contributed by atoms with van der Waals surface area (Å²) in [4.78, 5) is 13.3. The van der Waals surface area contributed by atoms with E-state index in [0.29, 0.717) is 0 Å². The molecule has 0 saturated heterocycles. The molecule has 0 aliphatic heterocycles. The van der Waals surface area contributed by atoms with Gasteiger partial charge in [0.2, 0.25) is 0 Å². The predicted molar refractivity (Wildman–Crippen MR) is 68.5 cm³/mol. The normalized spacial score (nSPS) is 11.2. The Balaban J connectivity index is 2.74. The Morgan fingerprint density at radius 2 is 1.81 bits per heavy atom. The number of anilines is 1. The lowest BCUT2D eigenvalue weighted by atomic mass is 10.2. The van der Waals surface area contributed by atoms with Gasteiger partial charge in [-0.05, 0) is 26.0 Å². The average molecular weight is 215 g/mol. The summed E-state index contributed by atoms with van der Waals surface area (Å²) in [6.07, 6.45) is 7.02. The van der Waals surface area contributed by atoms with Crippen LogP contribution in [0.2, 0.25) is 0 Å². The first-order valence-corrected chi connectivity index (χ1v) is 5.29. The summed E-state index contributed by atoms with van der Waals surface area (Å²) in [7, 11) is 1.77. The van der Waals surface area contributed by atoms with Crippen LogP contribution in [0, 0.1) is 6.92 Å². The molecule has 0 bridgehead atoms. The smallest absolute Gasteiger partial charge is 0.250 e. The third-order valence-electron chi connectivity index (χ3n) is 2.29. The van der Waals surface area contributed by atoms with Gasteiger partial charge in [-0.25, -0.2) is 0 Å². The van der Waals surface area contributed by atoms with E-state index < -0.39 is 0 Å². The first-order chi connectivity index (χ1) is 7.65. The molecule has 16 heavy (non-hydrogen) atoms. The highest BCUT2D eigenvalue weighted by Crippen LogP contribution is 2.13. The van der Waals surface area contributed by atoms with Crippen molar-refractivity contribution in [3.05, 3.63) is 54.1 Å². The van der Waals surface area contributed by atoms with E-state index in [4.69, 9.17) is 0 Å². The summed E-state index contributed by atoms with van der Waals surface area (Å²) in [5.74, 6) is -0.0260. The van der Waals surface area contributed by atoms with Crippen molar-refractivity contribution in [1.29, 1.82) is 0 Å². The van der Waals surface area contributed by atoms with Crippen molar-refractivity contribution in [2.45, 2.75) is 13.8 Å². The first-order valence-electron chi connectivity index (χ1n) is 5.29. The molecule has 1 aromatic rings. The summed E-state index contributed by atoms with van der Waals surface area (Å²) < 4.78 is 0. The van der Waals surface area contributed by atoms with Crippen molar-refractivity contribution in [2.24, 2.45) is 0 Å². The highest BCUT2D eigenvalue weighted by Gasteiger charge is 2.05. The maximum absolute atomic E-state index is 11.7. The molecule has 0 aliphatic rings. The Morgan fingerprint density at radius 3 is 2.38 bits per heavy atom. The molecule has 0 N–H and O–H groups in total. The molecule has 84 valence electrons. The minimum atomic E-state index is -0.0260. The Hall–Kier alpha value is -1.83. The van der Waals surface area contributed by atoms with Crippen LogP contribution in [0.4, 0.5) is 5.69 Å². The molecular weight excluding hydrogens is 198 g/mol. The van der Waals surface area contributed by atoms with Crippen molar-refractivity contribution in [1.82, 2.24) is 0 Å². The largest absolute Gasteiger partial charge is 0.312 e. The molecule has 0 atom stereocenters. The van der Waals surface area contributed by atoms with E-state index in [1.54, 1.807) is 24.1 Å². The van der Waals surface area contributed by atoms with Crippen LogP contribution in [-0.2, 0) is 4.79 Å². The summed E-state index contributed by atoms with van der Waals surface area (Å²) in [5.41, 5.74) is 2.09. The average Bonchev–Trinajstić information content (AvgIpc) is 2.29. The molecule has 1 aromatic carbocycles. The van der Waals surface area contributed by atoms with Gasteiger partial charge in [-0.1, -0.05) is 35.9 Å². The van der Waals surface area contributed by atoms with Crippen molar-refractivity contribution in [3.63, 3.8) is 0 Å². The molecular formula is C14H17NO. The van der Waals surface area contributed by atoms with Gasteiger partial charge in [0.25, 0.3) is 5.91 Å². The third kappa shape index (κ3) is 3.39. The number of carbonyl (C=O) groups is 1. The Morgan fingerprint density at radius 1 is 1.19 bits per heavy atom. The zero-order chi connectivity index (χ0) is 12.0. The van der Waals surface area contributed by atoms with Gasteiger partial charge >= 0.3 is 0 Å². The quantitative estimate of drug-likeness (QED) is 0.560. The second-order valence-corrected chi connectivity index (χ2v) is 3.62. The van der Waals surface area contributed by atoms with E-state index in [0.717, 1.165) is 5.69 Å². The Kier molecular flexibility index (Phi) is 4.52. The SMILES string of the molecule is CC=CC=CC(=O)N(C)c1ccc(C)cc1. The maximum Gasteiger partial charge on any atom is 0.250 e. The van der Waals surface area contributed by atoms with Gasteiger partial charge in [0.05, 0.1) is 0 Å². The minimum Gasteiger partial charge on any atom is -0.312 e. The van der Waals surface area contributed by atoms with Gasteiger partial charge in [0, 0.05) is 18.8 Å². The number of likely N-dealkylation sites (N-methyl/N-ethyl adjacent to an activating group) is 1. The molecule has 0 spiro atoms. The lowest BCUT2D eigenvalue weighted by Gasteiger charge is -2.15. The van der Waals surface area contributed by atoms with Crippen LogP contribution < -0.4 is 4.90 Å². The molecule has 0 unspecified atom stereocenters. The summed E-state index contributed by atoms with van der Waals surface area (Å²) in [6, 6.07) is 7.87. The predicted octanol–water partition coefficient (Wildman–Crippen LogP) is 3.09. The number of carbonyl (C=O) groups excluding carboxylic acids is 1. The van der Waals surface area contributed by atoms with Crippen molar-refractivity contribution < 1.29 is 4.79 Å². The summed E-state index contributed by atoms with van der Waals surface area (Å²) in [6.45, 7) is 3.94. The molecule has 2 heteroatoms. The second-order valence-electron chi connectivity index (χ2n) is 3.62. The van der Waals surface area contributed by atoms with Crippen LogP contribution >= 0.6 is 0 Å². The lowest BCUT2D eigenvalue weighted by Crippen LogP contribution is -2.23. The van der Waals surface area contributed by atoms with Crippen LogP contribution in [0.5, 0.6) is 0 Å². The second kappa shape index (κ2) is 5.91. The number of hydrogen-bond acceptors (Lipinski definition) is 1. The number of allylic oxidation sites excluding steroid dienone is 3. The Bertz CT molecular complexity index is 401. The van der Waals surface area contributed by atoms with Crippen LogP contribution in [0.3, 0.4) is 0 Å². The topological polar surface area (TPSA) is 20.3 Å². The summed E-state index contributed by atoms with van der Waals surface area (Å²) in [5, 5.41) is 0. The third-order valence-corrected chi connectivity index (χ3v) is 2.29. The van der Waals surface area contributed by atoms with Gasteiger partial charge in [0.1, 0.15) is 0 Å². The van der Waals surface area contributed by atoms with E-state index in [2.05, 4.69) is 0 Å². The van der Waals surface area contributed by atoms with E-state index in [-0.39, 0.29) is 5.91 Å². The first kappa shape index (κ1) is 12.2. The van der Waals surface area contributed by atoms with Crippen LogP contribution in [0.25, 0.3) is 0 Å². The van der Waals surface area contributed by atoms with Crippen LogP contribution in [0.1, 0.15) is 12.5 Å². The zero-order valence-electron chi connectivity index (χ0n) is 9.97. The van der Waals surface area contributed by atoms with Crippen LogP contribution in [0.15, 0.2) is 48.6 Å². The van der Waals surface area contributed by atoms with Crippen LogP contribution in [-0.4, -0.2) is 13.0 Å². The standard InChI is InChI=1S/C14H17NO/c1-4-5-6-7-14(16)15(3)13-10-8-12(2)9-11-13/h4-11H,1-3H3. The number of aryl methyl sites for hydroxylation is 1. The molecule has 1 amide bonds.